The molecule has 0 unspecified atom stereocenters. The summed E-state index contributed by atoms with van der Waals surface area (Å²) in [5, 5.41) is 0. The van der Waals surface area contributed by atoms with Crippen LogP contribution in [0.3, 0.4) is 0 Å². The lowest BCUT2D eigenvalue weighted by molar-refractivity contribution is -0.263. The maximum atomic E-state index is 12.3. The molecule has 194 valence electrons. The first kappa shape index (κ1) is 24.6. The van der Waals surface area contributed by atoms with Gasteiger partial charge in [0.2, 0.25) is 6.29 Å². The molecule has 9 nitrogen and oxygen atoms in total. The van der Waals surface area contributed by atoms with Gasteiger partial charge in [0.25, 0.3) is 0 Å². The van der Waals surface area contributed by atoms with Gasteiger partial charge in [-0.25, -0.2) is 0 Å². The molecule has 0 N–H and O–H groups in total. The van der Waals surface area contributed by atoms with E-state index >= 15 is 0 Å². The van der Waals surface area contributed by atoms with Crippen LogP contribution in [0.4, 0.5) is 0 Å². The number of ether oxygens (including phenoxy) is 6. The van der Waals surface area contributed by atoms with Crippen molar-refractivity contribution in [3.63, 3.8) is 0 Å². The van der Waals surface area contributed by atoms with Crippen LogP contribution in [-0.4, -0.2) is 61.3 Å². The van der Waals surface area contributed by atoms with Crippen molar-refractivity contribution < 1.29 is 42.8 Å². The molecule has 1 spiro atoms. The van der Waals surface area contributed by atoms with Crippen LogP contribution in [0.25, 0.3) is 0 Å². The molecule has 4 fully saturated rings. The van der Waals surface area contributed by atoms with E-state index in [0.29, 0.717) is 25.9 Å². The molecule has 0 aromatic rings. The molecule has 5 aliphatic rings. The highest BCUT2D eigenvalue weighted by molar-refractivity contribution is 5.67. The van der Waals surface area contributed by atoms with E-state index in [9.17, 15) is 14.4 Å². The molecule has 2 aliphatic carbocycles. The lowest BCUT2D eigenvalue weighted by atomic mass is 9.42. The highest BCUT2D eigenvalue weighted by atomic mass is 16.7. The number of epoxide rings is 1. The van der Waals surface area contributed by atoms with Crippen LogP contribution in [0.5, 0.6) is 0 Å². The Kier molecular flexibility index (Phi) is 5.95. The van der Waals surface area contributed by atoms with Crippen LogP contribution >= 0.6 is 0 Å². The molecular formula is C26H36O9. The minimum absolute atomic E-state index is 0.0655. The molecule has 3 heterocycles. The largest absolute Gasteiger partial charge is 0.472 e. The number of carbonyl (C=O) groups excluding carboxylic acids is 3. The molecule has 0 bridgehead atoms. The number of carbonyl (C=O) groups is 3. The van der Waals surface area contributed by atoms with E-state index in [1.54, 1.807) is 6.26 Å². The standard InChI is InChI=1S/C26H36O9/c1-14-8-22(34-17(4)29)26(13-31-15(2)27)20(10-19(33-16(3)28)11-25(26)12-32-25)24(14,5)21-9-18-6-7-30-23(18)35-21/h6-7,14,18-23H,8-13H2,1-5H3/t14-,18-,19+,20-,21+,22+,23+,24+,25+,26+/m1/s1. The Bertz CT molecular complexity index is 926. The van der Waals surface area contributed by atoms with Crippen molar-refractivity contribution in [2.75, 3.05) is 13.2 Å². The van der Waals surface area contributed by atoms with E-state index in [1.165, 1.54) is 20.8 Å². The van der Waals surface area contributed by atoms with Crippen molar-refractivity contribution in [1.29, 1.82) is 0 Å². The van der Waals surface area contributed by atoms with Gasteiger partial charge >= 0.3 is 17.9 Å². The summed E-state index contributed by atoms with van der Waals surface area (Å²) in [4.78, 5) is 36.3. The predicted molar refractivity (Wildman–Crippen MR) is 120 cm³/mol. The number of hydrogen-bond acceptors (Lipinski definition) is 9. The van der Waals surface area contributed by atoms with E-state index in [-0.39, 0.29) is 54.8 Å². The van der Waals surface area contributed by atoms with Crippen LogP contribution in [0.2, 0.25) is 0 Å². The van der Waals surface area contributed by atoms with Gasteiger partial charge in [-0.05, 0) is 37.2 Å². The summed E-state index contributed by atoms with van der Waals surface area (Å²) in [6.07, 6.45) is 4.83. The van der Waals surface area contributed by atoms with Gasteiger partial charge in [-0.3, -0.25) is 14.4 Å². The Morgan fingerprint density at radius 1 is 1.03 bits per heavy atom. The van der Waals surface area contributed by atoms with Gasteiger partial charge in [0.1, 0.15) is 24.4 Å². The van der Waals surface area contributed by atoms with Crippen molar-refractivity contribution >= 4 is 17.9 Å². The third kappa shape index (κ3) is 3.77. The van der Waals surface area contributed by atoms with Crippen LogP contribution < -0.4 is 0 Å². The second kappa shape index (κ2) is 8.47. The summed E-state index contributed by atoms with van der Waals surface area (Å²) in [6, 6.07) is 0. The molecule has 9 heteroatoms. The summed E-state index contributed by atoms with van der Waals surface area (Å²) in [6.45, 7) is 9.07. The molecule has 3 aliphatic heterocycles. The first-order chi connectivity index (χ1) is 16.5. The fourth-order valence-corrected chi connectivity index (χ4v) is 7.73. The van der Waals surface area contributed by atoms with Gasteiger partial charge in [0, 0.05) is 38.5 Å². The van der Waals surface area contributed by atoms with Crippen molar-refractivity contribution in [2.45, 2.75) is 90.5 Å². The highest BCUT2D eigenvalue weighted by Crippen LogP contribution is 2.70. The maximum absolute atomic E-state index is 12.3. The zero-order valence-corrected chi connectivity index (χ0v) is 21.1. The topological polar surface area (TPSA) is 110 Å². The highest BCUT2D eigenvalue weighted by Gasteiger charge is 2.78. The summed E-state index contributed by atoms with van der Waals surface area (Å²) < 4.78 is 35.8. The average molecular weight is 493 g/mol. The van der Waals surface area contributed by atoms with Crippen molar-refractivity contribution in [3.8, 4) is 0 Å². The molecule has 10 atom stereocenters. The van der Waals surface area contributed by atoms with Crippen molar-refractivity contribution in [2.24, 2.45) is 28.6 Å². The van der Waals surface area contributed by atoms with Crippen molar-refractivity contribution in [1.82, 2.24) is 0 Å². The van der Waals surface area contributed by atoms with Gasteiger partial charge in [-0.15, -0.1) is 0 Å². The summed E-state index contributed by atoms with van der Waals surface area (Å²) >= 11 is 0. The van der Waals surface area contributed by atoms with Crippen LogP contribution in [0.15, 0.2) is 12.3 Å². The SMILES string of the molecule is CC(=O)OC[C@@]12[C@@H](OC(C)=O)C[C@@H](C)[C@](C)([C@@H]3C[C@H]4C=CO[C@H]4O3)[C@H]1C[C@H](OC(C)=O)C[C@]21CO1. The maximum Gasteiger partial charge on any atom is 0.302 e. The lowest BCUT2D eigenvalue weighted by Crippen LogP contribution is -2.70. The normalized spacial score (nSPS) is 47.4. The average Bonchev–Trinajstić information content (AvgIpc) is 3.19. The molecular weight excluding hydrogens is 456 g/mol. The second-order valence-electron chi connectivity index (χ2n) is 11.3. The van der Waals surface area contributed by atoms with E-state index < -0.39 is 28.5 Å². The minimum Gasteiger partial charge on any atom is -0.472 e. The Balaban J connectivity index is 1.61. The molecule has 0 radical (unpaired) electrons. The van der Waals surface area contributed by atoms with Crippen LogP contribution in [0, 0.1) is 28.6 Å². The zero-order valence-electron chi connectivity index (χ0n) is 21.1. The minimum atomic E-state index is -0.792. The smallest absolute Gasteiger partial charge is 0.302 e. The number of fused-ring (bicyclic) bond motifs is 3. The number of esters is 3. The number of rotatable bonds is 5. The summed E-state index contributed by atoms with van der Waals surface area (Å²) in [5.41, 5.74) is -1.92. The van der Waals surface area contributed by atoms with E-state index in [1.807, 2.05) is 6.08 Å². The van der Waals surface area contributed by atoms with E-state index in [2.05, 4.69) is 13.8 Å². The summed E-state index contributed by atoms with van der Waals surface area (Å²) in [5.74, 6) is -1.02. The third-order valence-corrected chi connectivity index (χ3v) is 9.50. The van der Waals surface area contributed by atoms with Gasteiger partial charge in [-0.2, -0.15) is 0 Å². The molecule has 35 heavy (non-hydrogen) atoms. The predicted octanol–water partition coefficient (Wildman–Crippen LogP) is 2.90. The Hall–Kier alpha value is -2.13. The van der Waals surface area contributed by atoms with Gasteiger partial charge < -0.3 is 28.4 Å². The van der Waals surface area contributed by atoms with Crippen LogP contribution in [0.1, 0.15) is 60.3 Å². The monoisotopic (exact) mass is 492 g/mol. The molecule has 2 saturated heterocycles. The molecule has 0 aromatic heterocycles. The van der Waals surface area contributed by atoms with E-state index in [4.69, 9.17) is 28.4 Å². The molecule has 5 rings (SSSR count). The molecule has 0 aromatic carbocycles. The van der Waals surface area contributed by atoms with Gasteiger partial charge in [0.15, 0.2) is 0 Å². The first-order valence-electron chi connectivity index (χ1n) is 12.6. The molecule has 2 saturated carbocycles. The Morgan fingerprint density at radius 3 is 2.34 bits per heavy atom. The second-order valence-corrected chi connectivity index (χ2v) is 11.3. The Labute approximate surface area is 205 Å². The number of hydrogen-bond donors (Lipinski definition) is 0. The third-order valence-electron chi connectivity index (χ3n) is 9.50. The molecule has 0 amide bonds. The lowest BCUT2D eigenvalue weighted by Gasteiger charge is -2.64. The van der Waals surface area contributed by atoms with Crippen molar-refractivity contribution in [3.05, 3.63) is 12.3 Å². The van der Waals surface area contributed by atoms with E-state index in [0.717, 1.165) is 6.42 Å². The quantitative estimate of drug-likeness (QED) is 0.325. The zero-order chi connectivity index (χ0) is 25.2. The fourth-order valence-electron chi connectivity index (χ4n) is 7.73. The first-order valence-corrected chi connectivity index (χ1v) is 12.6. The van der Waals surface area contributed by atoms with Gasteiger partial charge in [0.05, 0.1) is 24.4 Å². The summed E-state index contributed by atoms with van der Waals surface area (Å²) in [7, 11) is 0. The van der Waals surface area contributed by atoms with Crippen LogP contribution in [-0.2, 0) is 42.8 Å². The Morgan fingerprint density at radius 2 is 1.74 bits per heavy atom. The van der Waals surface area contributed by atoms with Gasteiger partial charge in [-0.1, -0.05) is 13.8 Å². The fraction of sp³-hybridized carbons (Fsp3) is 0.808.